The summed E-state index contributed by atoms with van der Waals surface area (Å²) in [6.07, 6.45) is 0. The molecule has 4 N–H and O–H groups in total. The van der Waals surface area contributed by atoms with Crippen molar-refractivity contribution in [1.82, 2.24) is 9.13 Å². The van der Waals surface area contributed by atoms with Gasteiger partial charge in [0.2, 0.25) is 0 Å². The number of anilines is 1. The number of phenols is 2. The fraction of sp³-hybridized carbons (Fsp3) is 0.167. The van der Waals surface area contributed by atoms with Crippen molar-refractivity contribution in [3.05, 3.63) is 39.0 Å². The van der Waals surface area contributed by atoms with Crippen molar-refractivity contribution in [3.8, 4) is 22.6 Å². The Morgan fingerprint density at radius 2 is 1.74 bits per heavy atom. The molecule has 7 heteroatoms. The number of nitrogen functional groups attached to an aromatic ring is 1. The molecule has 0 saturated carbocycles. The summed E-state index contributed by atoms with van der Waals surface area (Å²) in [5.74, 6) is -0.405. The molecule has 2 rings (SSSR count). The van der Waals surface area contributed by atoms with E-state index in [9.17, 15) is 19.8 Å². The van der Waals surface area contributed by atoms with E-state index >= 15 is 0 Å². The summed E-state index contributed by atoms with van der Waals surface area (Å²) in [6.45, 7) is 0. The second-order valence-electron chi connectivity index (χ2n) is 4.17. The van der Waals surface area contributed by atoms with Crippen molar-refractivity contribution in [2.24, 2.45) is 14.1 Å². The van der Waals surface area contributed by atoms with Gasteiger partial charge in [0.1, 0.15) is 17.3 Å². The summed E-state index contributed by atoms with van der Waals surface area (Å²) in [6, 6.07) is 3.74. The highest BCUT2D eigenvalue weighted by Crippen LogP contribution is 2.32. The molecule has 1 aromatic heterocycles. The SMILES string of the molecule is Cn1c(N)c(-c2cc(O)ccc2O)c(=O)n(C)c1=O. The van der Waals surface area contributed by atoms with Gasteiger partial charge in [0.15, 0.2) is 0 Å². The van der Waals surface area contributed by atoms with Crippen molar-refractivity contribution >= 4 is 5.82 Å². The molecule has 0 aliphatic rings. The summed E-state index contributed by atoms with van der Waals surface area (Å²) in [4.78, 5) is 23.8. The van der Waals surface area contributed by atoms with Crippen LogP contribution in [0, 0.1) is 0 Å². The van der Waals surface area contributed by atoms with Crippen LogP contribution in [-0.4, -0.2) is 19.3 Å². The molecule has 0 aliphatic heterocycles. The molecule has 7 nitrogen and oxygen atoms in total. The van der Waals surface area contributed by atoms with Gasteiger partial charge in [-0.15, -0.1) is 0 Å². The number of aromatic nitrogens is 2. The Balaban J connectivity index is 2.95. The van der Waals surface area contributed by atoms with Gasteiger partial charge in [-0.25, -0.2) is 4.79 Å². The van der Waals surface area contributed by atoms with Gasteiger partial charge in [-0.05, 0) is 18.2 Å². The number of nitrogens with two attached hydrogens (primary N) is 1. The van der Waals surface area contributed by atoms with Gasteiger partial charge in [0, 0.05) is 19.7 Å². The van der Waals surface area contributed by atoms with Gasteiger partial charge in [-0.1, -0.05) is 0 Å². The topological polar surface area (TPSA) is 110 Å². The molecule has 0 bridgehead atoms. The Morgan fingerprint density at radius 1 is 1.11 bits per heavy atom. The molecule has 0 unspecified atom stereocenters. The molecule has 0 radical (unpaired) electrons. The summed E-state index contributed by atoms with van der Waals surface area (Å²) < 4.78 is 1.98. The lowest BCUT2D eigenvalue weighted by Crippen LogP contribution is -2.39. The first-order valence-corrected chi connectivity index (χ1v) is 5.42. The first-order chi connectivity index (χ1) is 8.84. The average molecular weight is 263 g/mol. The second kappa shape index (κ2) is 4.20. The molecular weight excluding hydrogens is 250 g/mol. The molecule has 100 valence electrons. The molecule has 1 aromatic carbocycles. The van der Waals surface area contributed by atoms with Gasteiger partial charge in [0.05, 0.1) is 5.56 Å². The Labute approximate surface area is 107 Å². The summed E-state index contributed by atoms with van der Waals surface area (Å²) >= 11 is 0. The zero-order valence-corrected chi connectivity index (χ0v) is 10.4. The van der Waals surface area contributed by atoms with Crippen LogP contribution in [0.5, 0.6) is 11.5 Å². The minimum Gasteiger partial charge on any atom is -0.508 e. The van der Waals surface area contributed by atoms with Crippen molar-refractivity contribution < 1.29 is 10.2 Å². The molecular formula is C12H13N3O4. The minimum absolute atomic E-state index is 0.0296. The molecule has 0 spiro atoms. The largest absolute Gasteiger partial charge is 0.508 e. The van der Waals surface area contributed by atoms with E-state index in [0.717, 1.165) is 9.13 Å². The maximum atomic E-state index is 12.1. The number of rotatable bonds is 1. The molecule has 0 atom stereocenters. The number of hydrogen-bond donors (Lipinski definition) is 3. The highest BCUT2D eigenvalue weighted by Gasteiger charge is 2.18. The van der Waals surface area contributed by atoms with Crippen LogP contribution in [0.1, 0.15) is 0 Å². The fourth-order valence-electron chi connectivity index (χ4n) is 1.84. The van der Waals surface area contributed by atoms with Crippen LogP contribution < -0.4 is 17.0 Å². The van der Waals surface area contributed by atoms with E-state index in [0.29, 0.717) is 0 Å². The van der Waals surface area contributed by atoms with Crippen LogP contribution >= 0.6 is 0 Å². The Kier molecular flexibility index (Phi) is 2.82. The third kappa shape index (κ3) is 1.85. The lowest BCUT2D eigenvalue weighted by atomic mass is 10.1. The number of nitrogens with zero attached hydrogens (tertiary/aromatic N) is 2. The molecule has 19 heavy (non-hydrogen) atoms. The molecule has 0 aliphatic carbocycles. The highest BCUT2D eigenvalue weighted by molar-refractivity contribution is 5.78. The smallest absolute Gasteiger partial charge is 0.332 e. The Hall–Kier alpha value is -2.70. The van der Waals surface area contributed by atoms with Crippen LogP contribution in [0.25, 0.3) is 11.1 Å². The normalized spacial score (nSPS) is 10.6. The van der Waals surface area contributed by atoms with Gasteiger partial charge >= 0.3 is 5.69 Å². The van der Waals surface area contributed by atoms with E-state index in [2.05, 4.69) is 0 Å². The lowest BCUT2D eigenvalue weighted by Gasteiger charge is -2.12. The first-order valence-electron chi connectivity index (χ1n) is 5.42. The third-order valence-electron chi connectivity index (χ3n) is 2.96. The number of aromatic hydroxyl groups is 2. The van der Waals surface area contributed by atoms with E-state index in [4.69, 9.17) is 5.73 Å². The summed E-state index contributed by atoms with van der Waals surface area (Å²) in [7, 11) is 2.73. The van der Waals surface area contributed by atoms with Crippen molar-refractivity contribution in [1.29, 1.82) is 0 Å². The zero-order chi connectivity index (χ0) is 14.3. The first kappa shape index (κ1) is 12.7. The number of phenolic OH excluding ortho intramolecular Hbond substituents is 2. The monoisotopic (exact) mass is 263 g/mol. The van der Waals surface area contributed by atoms with Crippen LogP contribution in [0.15, 0.2) is 27.8 Å². The van der Waals surface area contributed by atoms with Crippen LogP contribution in [0.4, 0.5) is 5.82 Å². The predicted molar refractivity (Wildman–Crippen MR) is 70.1 cm³/mol. The van der Waals surface area contributed by atoms with Gasteiger partial charge in [0.25, 0.3) is 5.56 Å². The molecule has 0 fully saturated rings. The third-order valence-corrected chi connectivity index (χ3v) is 2.96. The molecule has 2 aromatic rings. The van der Waals surface area contributed by atoms with E-state index < -0.39 is 11.2 Å². The predicted octanol–water partition coefficient (Wildman–Crippen LogP) is -0.256. The second-order valence-corrected chi connectivity index (χ2v) is 4.17. The summed E-state index contributed by atoms with van der Waals surface area (Å²) in [5, 5.41) is 19.2. The Morgan fingerprint density at radius 3 is 2.37 bits per heavy atom. The van der Waals surface area contributed by atoms with E-state index in [1.165, 1.54) is 32.3 Å². The minimum atomic E-state index is -0.637. The van der Waals surface area contributed by atoms with E-state index in [-0.39, 0.29) is 28.4 Å². The van der Waals surface area contributed by atoms with E-state index in [1.54, 1.807) is 0 Å². The van der Waals surface area contributed by atoms with Crippen molar-refractivity contribution in [2.75, 3.05) is 5.73 Å². The van der Waals surface area contributed by atoms with Crippen molar-refractivity contribution in [3.63, 3.8) is 0 Å². The van der Waals surface area contributed by atoms with Gasteiger partial charge < -0.3 is 15.9 Å². The Bertz CT molecular complexity index is 774. The standard InChI is InChI=1S/C12H13N3O4/c1-14-10(13)9(11(18)15(2)12(14)19)7-5-6(16)3-4-8(7)17/h3-5,16-17H,13H2,1-2H3. The van der Waals surface area contributed by atoms with Gasteiger partial charge in [-0.2, -0.15) is 0 Å². The molecule has 0 amide bonds. The quantitative estimate of drug-likeness (QED) is 0.614. The number of benzene rings is 1. The maximum Gasteiger partial charge on any atom is 0.332 e. The number of hydrogen-bond acceptors (Lipinski definition) is 5. The summed E-state index contributed by atoms with van der Waals surface area (Å²) in [5.41, 5.74) is 4.61. The van der Waals surface area contributed by atoms with E-state index in [1.807, 2.05) is 0 Å². The maximum absolute atomic E-state index is 12.1. The molecule has 0 saturated heterocycles. The van der Waals surface area contributed by atoms with Gasteiger partial charge in [-0.3, -0.25) is 13.9 Å². The average Bonchev–Trinajstić information content (AvgIpc) is 2.38. The highest BCUT2D eigenvalue weighted by atomic mass is 16.3. The van der Waals surface area contributed by atoms with Crippen LogP contribution in [0.2, 0.25) is 0 Å². The molecule has 1 heterocycles. The zero-order valence-electron chi connectivity index (χ0n) is 10.4. The fourth-order valence-corrected chi connectivity index (χ4v) is 1.84. The van der Waals surface area contributed by atoms with Crippen LogP contribution in [0.3, 0.4) is 0 Å². The lowest BCUT2D eigenvalue weighted by molar-refractivity contribution is 0.461. The van der Waals surface area contributed by atoms with Crippen molar-refractivity contribution in [2.45, 2.75) is 0 Å². The van der Waals surface area contributed by atoms with Crippen LogP contribution in [-0.2, 0) is 14.1 Å².